The number of ether oxygens (including phenoxy) is 1. The van der Waals surface area contributed by atoms with Gasteiger partial charge in [-0.1, -0.05) is 13.0 Å². The van der Waals surface area contributed by atoms with E-state index < -0.39 is 24.0 Å². The fourth-order valence-electron chi connectivity index (χ4n) is 4.09. The number of nitrogens with two attached hydrogens (primary N) is 1. The lowest BCUT2D eigenvalue weighted by molar-refractivity contribution is -0.150. The second kappa shape index (κ2) is 9.16. The lowest BCUT2D eigenvalue weighted by Crippen LogP contribution is -2.55. The highest BCUT2D eigenvalue weighted by molar-refractivity contribution is 6.05. The maximum atomic E-state index is 13.1. The number of aryl methyl sites for hydroxylation is 2. The molecular weight excluding hydrogens is 438 g/mol. The van der Waals surface area contributed by atoms with Crippen LogP contribution in [0.4, 0.5) is 11.4 Å². The van der Waals surface area contributed by atoms with Crippen LogP contribution >= 0.6 is 0 Å². The van der Waals surface area contributed by atoms with E-state index in [0.29, 0.717) is 28.7 Å². The first kappa shape index (κ1) is 23.3. The Balaban J connectivity index is 1.53. The van der Waals surface area contributed by atoms with Crippen molar-refractivity contribution in [2.75, 3.05) is 23.4 Å². The molecule has 1 aromatic heterocycles. The van der Waals surface area contributed by atoms with Crippen molar-refractivity contribution in [3.8, 4) is 5.88 Å². The highest BCUT2D eigenvalue weighted by Gasteiger charge is 2.39. The molecule has 2 amide bonds. The zero-order valence-electron chi connectivity index (χ0n) is 18.9. The first-order chi connectivity index (χ1) is 16.2. The number of hydrogen-bond acceptors (Lipinski definition) is 6. The number of anilines is 2. The van der Waals surface area contributed by atoms with E-state index in [1.54, 1.807) is 54.2 Å². The number of hydrogen-bond donors (Lipinski definition) is 5. The molecular formula is C24H27N5O5. The van der Waals surface area contributed by atoms with Gasteiger partial charge in [0.1, 0.15) is 5.84 Å². The minimum atomic E-state index is -1.73. The number of nitrogen functional groups attached to an aromatic ring is 1. The lowest BCUT2D eigenvalue weighted by atomic mass is 10.0. The zero-order valence-corrected chi connectivity index (χ0v) is 18.9. The van der Waals surface area contributed by atoms with Gasteiger partial charge in [-0.2, -0.15) is 0 Å². The van der Waals surface area contributed by atoms with Gasteiger partial charge in [0.05, 0.1) is 6.61 Å². The Morgan fingerprint density at radius 3 is 2.79 bits per heavy atom. The first-order valence-corrected chi connectivity index (χ1v) is 10.9. The van der Waals surface area contributed by atoms with Crippen LogP contribution in [0.3, 0.4) is 0 Å². The number of benzene rings is 2. The van der Waals surface area contributed by atoms with Crippen LogP contribution in [-0.2, 0) is 27.8 Å². The molecule has 10 nitrogen and oxygen atoms in total. The molecule has 2 atom stereocenters. The van der Waals surface area contributed by atoms with Crippen LogP contribution in [0, 0.1) is 5.41 Å². The number of morpholine rings is 1. The third-order valence-corrected chi connectivity index (χ3v) is 5.99. The summed E-state index contributed by atoms with van der Waals surface area (Å²) in [5, 5.41) is 32.6. The molecule has 1 aliphatic heterocycles. The predicted molar refractivity (Wildman–Crippen MR) is 128 cm³/mol. The number of aromatic hydroxyl groups is 1. The number of aliphatic hydroxyl groups is 1. The van der Waals surface area contributed by atoms with E-state index in [0.717, 1.165) is 10.9 Å². The van der Waals surface area contributed by atoms with Gasteiger partial charge < -0.3 is 35.5 Å². The normalized spacial score (nSPS) is 17.1. The SMILES string of the molecule is CCc1cc(C(=N)N)ccc1NC(=O)[C@H](O)[C@H]1OCCN(c2ccc3cn(C)c(O)c3c2)C1=O. The van der Waals surface area contributed by atoms with Gasteiger partial charge in [-0.05, 0) is 42.3 Å². The second-order valence-corrected chi connectivity index (χ2v) is 8.19. The van der Waals surface area contributed by atoms with Crippen LogP contribution in [0.15, 0.2) is 42.6 Å². The van der Waals surface area contributed by atoms with Crippen LogP contribution in [0.2, 0.25) is 0 Å². The average Bonchev–Trinajstić information content (AvgIpc) is 3.11. The molecule has 4 rings (SSSR count). The number of amidine groups is 1. The molecule has 0 bridgehead atoms. The summed E-state index contributed by atoms with van der Waals surface area (Å²) in [6.45, 7) is 2.26. The van der Waals surface area contributed by atoms with Crippen LogP contribution in [0.1, 0.15) is 18.1 Å². The molecule has 2 heterocycles. The fraction of sp³-hybridized carbons (Fsp3) is 0.292. The van der Waals surface area contributed by atoms with Crippen molar-refractivity contribution in [1.82, 2.24) is 4.57 Å². The molecule has 0 unspecified atom stereocenters. The summed E-state index contributed by atoms with van der Waals surface area (Å²) in [6.07, 6.45) is -0.773. The quantitative estimate of drug-likeness (QED) is 0.274. The zero-order chi connectivity index (χ0) is 24.6. The smallest absolute Gasteiger partial charge is 0.259 e. The van der Waals surface area contributed by atoms with Gasteiger partial charge in [-0.15, -0.1) is 0 Å². The Morgan fingerprint density at radius 1 is 1.32 bits per heavy atom. The van der Waals surface area contributed by atoms with E-state index in [1.807, 2.05) is 6.92 Å². The summed E-state index contributed by atoms with van der Waals surface area (Å²) >= 11 is 0. The van der Waals surface area contributed by atoms with Gasteiger partial charge in [-0.3, -0.25) is 15.0 Å². The Morgan fingerprint density at radius 2 is 2.09 bits per heavy atom. The van der Waals surface area contributed by atoms with E-state index >= 15 is 0 Å². The van der Waals surface area contributed by atoms with E-state index in [2.05, 4.69) is 5.32 Å². The van der Waals surface area contributed by atoms with Crippen molar-refractivity contribution in [1.29, 1.82) is 5.41 Å². The number of amides is 2. The minimum absolute atomic E-state index is 0.0797. The number of fused-ring (bicyclic) bond motifs is 1. The number of carbonyl (C=O) groups excluding carboxylic acids is 2. The van der Waals surface area contributed by atoms with Crippen molar-refractivity contribution in [3.63, 3.8) is 0 Å². The maximum absolute atomic E-state index is 13.1. The number of aromatic nitrogens is 1. The Kier molecular flexibility index (Phi) is 6.27. The third kappa shape index (κ3) is 4.20. The van der Waals surface area contributed by atoms with E-state index in [4.69, 9.17) is 15.9 Å². The monoisotopic (exact) mass is 465 g/mol. The molecule has 0 radical (unpaired) electrons. The fourth-order valence-corrected chi connectivity index (χ4v) is 4.09. The topological polar surface area (TPSA) is 154 Å². The molecule has 0 saturated carbocycles. The van der Waals surface area contributed by atoms with Gasteiger partial charge in [0.2, 0.25) is 0 Å². The second-order valence-electron chi connectivity index (χ2n) is 8.19. The van der Waals surface area contributed by atoms with Crippen LogP contribution in [0.5, 0.6) is 5.88 Å². The maximum Gasteiger partial charge on any atom is 0.259 e. The van der Waals surface area contributed by atoms with Gasteiger partial charge in [-0.25, -0.2) is 0 Å². The standard InChI is InChI=1S/C24H27N5O5/c1-3-13-10-14(21(25)26)5-7-18(13)27-22(31)19(30)20-24(33)29(8-9-34-20)16-6-4-15-12-28(2)23(32)17(15)11-16/h4-7,10-12,19-20,30,32H,3,8-9H2,1-2H3,(H3,25,26)(H,27,31)/t19-,20-/m1/s1. The summed E-state index contributed by atoms with van der Waals surface area (Å²) < 4.78 is 7.07. The average molecular weight is 466 g/mol. The Bertz CT molecular complexity index is 1280. The van der Waals surface area contributed by atoms with Crippen molar-refractivity contribution in [2.45, 2.75) is 25.6 Å². The number of rotatable bonds is 6. The summed E-state index contributed by atoms with van der Waals surface area (Å²) in [6, 6.07) is 10.1. The Hall–Kier alpha value is -3.89. The largest absolute Gasteiger partial charge is 0.494 e. The molecule has 3 aromatic rings. The molecule has 6 N–H and O–H groups in total. The number of carbonyl (C=O) groups is 2. The van der Waals surface area contributed by atoms with Crippen molar-refractivity contribution in [3.05, 3.63) is 53.7 Å². The van der Waals surface area contributed by atoms with Crippen molar-refractivity contribution >= 4 is 39.8 Å². The summed E-state index contributed by atoms with van der Waals surface area (Å²) in [5.41, 5.74) is 7.79. The lowest BCUT2D eigenvalue weighted by Gasteiger charge is -2.34. The highest BCUT2D eigenvalue weighted by Crippen LogP contribution is 2.31. The summed E-state index contributed by atoms with van der Waals surface area (Å²) in [7, 11) is 1.72. The Labute approximate surface area is 196 Å². The number of nitrogens with zero attached hydrogens (tertiary/aromatic N) is 2. The van der Waals surface area contributed by atoms with Gasteiger partial charge in [0, 0.05) is 47.5 Å². The van der Waals surface area contributed by atoms with Crippen molar-refractivity contribution in [2.24, 2.45) is 12.8 Å². The first-order valence-electron chi connectivity index (χ1n) is 10.9. The van der Waals surface area contributed by atoms with Crippen LogP contribution in [0.25, 0.3) is 10.8 Å². The molecule has 2 aromatic carbocycles. The molecule has 1 fully saturated rings. The number of nitrogens with one attached hydrogen (secondary N) is 2. The molecule has 178 valence electrons. The molecule has 1 saturated heterocycles. The van der Waals surface area contributed by atoms with Crippen LogP contribution in [-0.4, -0.2) is 57.8 Å². The van der Waals surface area contributed by atoms with E-state index in [9.17, 15) is 19.8 Å². The molecule has 34 heavy (non-hydrogen) atoms. The summed E-state index contributed by atoms with van der Waals surface area (Å²) in [5.74, 6) is -1.33. The van der Waals surface area contributed by atoms with Gasteiger partial charge in [0.25, 0.3) is 11.8 Å². The van der Waals surface area contributed by atoms with Crippen molar-refractivity contribution < 1.29 is 24.5 Å². The predicted octanol–water partition coefficient (Wildman–Crippen LogP) is 1.46. The molecule has 1 aliphatic rings. The molecule has 0 aliphatic carbocycles. The van der Waals surface area contributed by atoms with E-state index in [-0.39, 0.29) is 24.9 Å². The third-order valence-electron chi connectivity index (χ3n) is 5.99. The number of aliphatic hydroxyl groups excluding tert-OH is 1. The minimum Gasteiger partial charge on any atom is -0.494 e. The molecule has 10 heteroatoms. The van der Waals surface area contributed by atoms with Gasteiger partial charge in [0.15, 0.2) is 18.1 Å². The van der Waals surface area contributed by atoms with Crippen LogP contribution < -0.4 is 16.0 Å². The summed E-state index contributed by atoms with van der Waals surface area (Å²) in [4.78, 5) is 27.4. The molecule has 0 spiro atoms. The van der Waals surface area contributed by atoms with Gasteiger partial charge >= 0.3 is 0 Å². The highest BCUT2D eigenvalue weighted by atomic mass is 16.5. The van der Waals surface area contributed by atoms with E-state index in [1.165, 1.54) is 4.90 Å².